The molecule has 2 nitrogen and oxygen atoms in total. The van der Waals surface area contributed by atoms with Crippen molar-refractivity contribution in [2.24, 2.45) is 5.41 Å². The minimum Gasteiger partial charge on any atom is -0.393 e. The van der Waals surface area contributed by atoms with Crippen molar-refractivity contribution in [2.75, 3.05) is 13.1 Å². The standard InChI is InChI=1S/C7H11F2NO/c8-7(9)4-10-3-6(7)1-5(11)2-6/h5,10-11H,1-4H2. The summed E-state index contributed by atoms with van der Waals surface area (Å²) < 4.78 is 26.1. The Bertz CT molecular complexity index is 177. The number of aliphatic hydroxyl groups excluding tert-OH is 1. The van der Waals surface area contributed by atoms with Crippen molar-refractivity contribution in [3.63, 3.8) is 0 Å². The molecule has 0 atom stereocenters. The number of halogens is 2. The first-order valence-electron chi connectivity index (χ1n) is 3.82. The van der Waals surface area contributed by atoms with Crippen LogP contribution < -0.4 is 5.32 Å². The lowest BCUT2D eigenvalue weighted by Gasteiger charge is -2.45. The zero-order chi connectivity index (χ0) is 8.11. The van der Waals surface area contributed by atoms with Crippen LogP contribution in [0.15, 0.2) is 0 Å². The highest BCUT2D eigenvalue weighted by atomic mass is 19.3. The third-order valence-electron chi connectivity index (χ3n) is 2.84. The van der Waals surface area contributed by atoms with E-state index in [0.717, 1.165) is 0 Å². The maximum Gasteiger partial charge on any atom is 0.267 e. The van der Waals surface area contributed by atoms with Crippen LogP contribution in [0.25, 0.3) is 0 Å². The molecule has 1 heterocycles. The van der Waals surface area contributed by atoms with Crippen LogP contribution in [0.3, 0.4) is 0 Å². The van der Waals surface area contributed by atoms with Crippen LogP contribution in [0.4, 0.5) is 8.78 Å². The SMILES string of the molecule is OC1CC2(CNCC2(F)F)C1. The molecule has 0 radical (unpaired) electrons. The summed E-state index contributed by atoms with van der Waals surface area (Å²) in [5.41, 5.74) is -0.910. The van der Waals surface area contributed by atoms with Gasteiger partial charge in [-0.25, -0.2) is 8.78 Å². The summed E-state index contributed by atoms with van der Waals surface area (Å²) in [5, 5.41) is 11.6. The third-order valence-corrected chi connectivity index (χ3v) is 2.84. The Morgan fingerprint density at radius 3 is 2.27 bits per heavy atom. The molecule has 1 aliphatic heterocycles. The summed E-state index contributed by atoms with van der Waals surface area (Å²) in [6.45, 7) is 0.136. The Hall–Kier alpha value is -0.220. The van der Waals surface area contributed by atoms with E-state index in [1.807, 2.05) is 0 Å². The highest BCUT2D eigenvalue weighted by Gasteiger charge is 2.63. The lowest BCUT2D eigenvalue weighted by molar-refractivity contribution is -0.165. The van der Waals surface area contributed by atoms with Crippen LogP contribution in [0.1, 0.15) is 12.8 Å². The normalized spacial score (nSPS) is 47.7. The molecule has 1 spiro atoms. The smallest absolute Gasteiger partial charge is 0.267 e. The Labute approximate surface area is 63.6 Å². The van der Waals surface area contributed by atoms with Crippen molar-refractivity contribution >= 4 is 0 Å². The van der Waals surface area contributed by atoms with Crippen molar-refractivity contribution in [1.29, 1.82) is 0 Å². The van der Waals surface area contributed by atoms with Gasteiger partial charge in [0.1, 0.15) is 0 Å². The molecule has 64 valence electrons. The zero-order valence-corrected chi connectivity index (χ0v) is 6.11. The number of rotatable bonds is 0. The number of hydrogen-bond acceptors (Lipinski definition) is 2. The number of nitrogens with one attached hydrogen (secondary N) is 1. The van der Waals surface area contributed by atoms with Crippen molar-refractivity contribution in [1.82, 2.24) is 5.32 Å². The molecule has 11 heavy (non-hydrogen) atoms. The Morgan fingerprint density at radius 2 is 1.91 bits per heavy atom. The molecule has 2 aliphatic rings. The van der Waals surface area contributed by atoms with Gasteiger partial charge in [-0.15, -0.1) is 0 Å². The van der Waals surface area contributed by atoms with Gasteiger partial charge in [-0.05, 0) is 12.8 Å². The molecule has 2 fully saturated rings. The van der Waals surface area contributed by atoms with E-state index in [2.05, 4.69) is 5.32 Å². The quantitative estimate of drug-likeness (QED) is 0.540. The Kier molecular flexibility index (Phi) is 1.30. The summed E-state index contributed by atoms with van der Waals surface area (Å²) in [6.07, 6.45) is 0.0146. The van der Waals surface area contributed by atoms with E-state index in [1.54, 1.807) is 0 Å². The molecule has 2 N–H and O–H groups in total. The Morgan fingerprint density at radius 1 is 1.27 bits per heavy atom. The molecule has 0 aromatic rings. The van der Waals surface area contributed by atoms with Crippen LogP contribution in [-0.2, 0) is 0 Å². The van der Waals surface area contributed by atoms with Crippen molar-refractivity contribution in [2.45, 2.75) is 24.9 Å². The van der Waals surface area contributed by atoms with Gasteiger partial charge in [0.25, 0.3) is 5.92 Å². The molecule has 1 saturated heterocycles. The highest BCUT2D eigenvalue weighted by molar-refractivity contribution is 5.08. The third kappa shape index (κ3) is 0.825. The van der Waals surface area contributed by atoms with Crippen LogP contribution in [0.2, 0.25) is 0 Å². The average molecular weight is 163 g/mol. The lowest BCUT2D eigenvalue weighted by Crippen LogP contribution is -2.52. The Balaban J connectivity index is 2.14. The van der Waals surface area contributed by atoms with E-state index in [4.69, 9.17) is 5.11 Å². The van der Waals surface area contributed by atoms with Gasteiger partial charge in [0.2, 0.25) is 0 Å². The second-order valence-electron chi connectivity index (χ2n) is 3.65. The molecule has 2 rings (SSSR count). The van der Waals surface area contributed by atoms with Crippen LogP contribution in [-0.4, -0.2) is 30.2 Å². The molecule has 0 aromatic heterocycles. The van der Waals surface area contributed by atoms with Gasteiger partial charge in [0, 0.05) is 6.54 Å². The maximum atomic E-state index is 13.0. The predicted molar refractivity (Wildman–Crippen MR) is 35.5 cm³/mol. The van der Waals surface area contributed by atoms with Crippen LogP contribution >= 0.6 is 0 Å². The summed E-state index contributed by atoms with van der Waals surface area (Å²) in [5.74, 6) is -2.60. The number of aliphatic hydroxyl groups is 1. The largest absolute Gasteiger partial charge is 0.393 e. The second-order valence-corrected chi connectivity index (χ2v) is 3.65. The minimum atomic E-state index is -2.60. The molecule has 0 unspecified atom stereocenters. The van der Waals surface area contributed by atoms with Crippen molar-refractivity contribution < 1.29 is 13.9 Å². The summed E-state index contributed by atoms with van der Waals surface area (Å²) in [7, 11) is 0. The first-order valence-corrected chi connectivity index (χ1v) is 3.82. The molecule has 4 heteroatoms. The topological polar surface area (TPSA) is 32.3 Å². The first-order chi connectivity index (χ1) is 5.06. The number of hydrogen-bond donors (Lipinski definition) is 2. The summed E-state index contributed by atoms with van der Waals surface area (Å²) in [4.78, 5) is 0. The minimum absolute atomic E-state index is 0.223. The first kappa shape index (κ1) is 7.43. The van der Waals surface area contributed by atoms with Gasteiger partial charge in [-0.3, -0.25) is 0 Å². The van der Waals surface area contributed by atoms with Gasteiger partial charge in [0.05, 0.1) is 18.1 Å². The summed E-state index contributed by atoms with van der Waals surface area (Å²) in [6, 6.07) is 0. The predicted octanol–water partition coefficient (Wildman–Crippen LogP) is 0.366. The van der Waals surface area contributed by atoms with Gasteiger partial charge < -0.3 is 10.4 Å². The van der Waals surface area contributed by atoms with Crippen LogP contribution in [0, 0.1) is 5.41 Å². The zero-order valence-electron chi connectivity index (χ0n) is 6.11. The molecular weight excluding hydrogens is 152 g/mol. The maximum absolute atomic E-state index is 13.0. The fraction of sp³-hybridized carbons (Fsp3) is 1.00. The number of alkyl halides is 2. The molecular formula is C7H11F2NO. The molecule has 1 aliphatic carbocycles. The van der Waals surface area contributed by atoms with Gasteiger partial charge in [0.15, 0.2) is 0 Å². The fourth-order valence-electron chi connectivity index (χ4n) is 2.06. The van der Waals surface area contributed by atoms with E-state index >= 15 is 0 Å². The fourth-order valence-corrected chi connectivity index (χ4v) is 2.06. The summed E-state index contributed by atoms with van der Waals surface area (Å²) >= 11 is 0. The van der Waals surface area contributed by atoms with Crippen molar-refractivity contribution in [3.8, 4) is 0 Å². The van der Waals surface area contributed by atoms with E-state index in [1.165, 1.54) is 0 Å². The van der Waals surface area contributed by atoms with Crippen molar-refractivity contribution in [3.05, 3.63) is 0 Å². The second kappa shape index (κ2) is 1.93. The van der Waals surface area contributed by atoms with E-state index < -0.39 is 17.4 Å². The lowest BCUT2D eigenvalue weighted by atomic mass is 9.64. The van der Waals surface area contributed by atoms with E-state index in [-0.39, 0.29) is 19.4 Å². The van der Waals surface area contributed by atoms with E-state index in [0.29, 0.717) is 6.54 Å². The van der Waals surface area contributed by atoms with Gasteiger partial charge >= 0.3 is 0 Å². The van der Waals surface area contributed by atoms with Gasteiger partial charge in [-0.2, -0.15) is 0 Å². The molecule has 0 aromatic carbocycles. The molecule has 0 bridgehead atoms. The molecule has 1 saturated carbocycles. The van der Waals surface area contributed by atoms with Crippen LogP contribution in [0.5, 0.6) is 0 Å². The monoisotopic (exact) mass is 163 g/mol. The van der Waals surface area contributed by atoms with E-state index in [9.17, 15) is 8.78 Å². The molecule has 0 amide bonds. The van der Waals surface area contributed by atoms with Gasteiger partial charge in [-0.1, -0.05) is 0 Å². The average Bonchev–Trinajstić information content (AvgIpc) is 2.07. The highest BCUT2D eigenvalue weighted by Crippen LogP contribution is 2.53.